The first-order valence-corrected chi connectivity index (χ1v) is 9.30. The number of H-pyrrole nitrogens is 1. The predicted molar refractivity (Wildman–Crippen MR) is 105 cm³/mol. The normalized spacial score (nSPS) is 10.9. The van der Waals surface area contributed by atoms with Crippen LogP contribution in [-0.2, 0) is 16.1 Å². The predicted octanol–water partition coefficient (Wildman–Crippen LogP) is 2.69. The number of fused-ring (bicyclic) bond motifs is 1. The minimum absolute atomic E-state index is 0.147. The molecular weight excluding hydrogens is 368 g/mol. The van der Waals surface area contributed by atoms with Crippen LogP contribution in [0.15, 0.2) is 33.2 Å². The molecular formula is C19H20N2O5S. The third-order valence-electron chi connectivity index (χ3n) is 4.41. The number of thiophene rings is 1. The fraction of sp³-hybridized carbons (Fsp3) is 0.316. The van der Waals surface area contributed by atoms with Gasteiger partial charge in [0.05, 0.1) is 19.6 Å². The summed E-state index contributed by atoms with van der Waals surface area (Å²) in [6, 6.07) is 5.70. The zero-order valence-corrected chi connectivity index (χ0v) is 16.1. The molecule has 1 aromatic carbocycles. The van der Waals surface area contributed by atoms with Gasteiger partial charge in [0, 0.05) is 23.9 Å². The average molecular weight is 388 g/mol. The van der Waals surface area contributed by atoms with Gasteiger partial charge < -0.3 is 9.47 Å². The lowest BCUT2D eigenvalue weighted by Gasteiger charge is -2.08. The number of aryl methyl sites for hydroxylation is 1. The fourth-order valence-corrected chi connectivity index (χ4v) is 3.95. The molecule has 0 aliphatic heterocycles. The van der Waals surface area contributed by atoms with Crippen molar-refractivity contribution >= 4 is 27.5 Å². The van der Waals surface area contributed by atoms with Gasteiger partial charge in [0.15, 0.2) is 0 Å². The number of hydrogen-bond donors (Lipinski definition) is 1. The van der Waals surface area contributed by atoms with Crippen molar-refractivity contribution in [2.45, 2.75) is 26.3 Å². The van der Waals surface area contributed by atoms with Gasteiger partial charge in [-0.1, -0.05) is 6.07 Å². The molecule has 2 aromatic heterocycles. The lowest BCUT2D eigenvalue weighted by molar-refractivity contribution is -0.140. The van der Waals surface area contributed by atoms with Crippen LogP contribution < -0.4 is 16.0 Å². The van der Waals surface area contributed by atoms with Crippen molar-refractivity contribution in [2.75, 3.05) is 14.2 Å². The van der Waals surface area contributed by atoms with E-state index in [0.717, 1.165) is 27.0 Å². The van der Waals surface area contributed by atoms with E-state index in [2.05, 4.69) is 9.72 Å². The van der Waals surface area contributed by atoms with Crippen LogP contribution in [0, 0.1) is 6.92 Å². The molecule has 0 spiro atoms. The summed E-state index contributed by atoms with van der Waals surface area (Å²) >= 11 is 1.32. The van der Waals surface area contributed by atoms with Gasteiger partial charge in [0.25, 0.3) is 5.56 Å². The van der Waals surface area contributed by atoms with Crippen LogP contribution in [0.2, 0.25) is 0 Å². The first-order chi connectivity index (χ1) is 13.0. The van der Waals surface area contributed by atoms with Gasteiger partial charge in [-0.3, -0.25) is 19.1 Å². The van der Waals surface area contributed by atoms with Gasteiger partial charge in [0.2, 0.25) is 0 Å². The SMILES string of the molecule is COC(=O)CCCn1c(=O)[nH]c2scc(-c3ccc(OC)c(C)c3)c2c1=O. The Morgan fingerprint density at radius 2 is 2.04 bits per heavy atom. The fourth-order valence-electron chi connectivity index (χ4n) is 3.00. The van der Waals surface area contributed by atoms with Crippen LogP contribution >= 0.6 is 11.3 Å². The Kier molecular flexibility index (Phi) is 5.46. The number of benzene rings is 1. The molecule has 0 amide bonds. The second-order valence-electron chi connectivity index (χ2n) is 6.10. The topological polar surface area (TPSA) is 90.4 Å². The molecule has 0 radical (unpaired) electrons. The number of esters is 1. The Hall–Kier alpha value is -2.87. The number of nitrogens with zero attached hydrogens (tertiary/aromatic N) is 1. The van der Waals surface area contributed by atoms with Gasteiger partial charge in [-0.15, -0.1) is 11.3 Å². The van der Waals surface area contributed by atoms with E-state index in [4.69, 9.17) is 4.74 Å². The van der Waals surface area contributed by atoms with Crippen molar-refractivity contribution in [3.63, 3.8) is 0 Å². The maximum atomic E-state index is 13.0. The van der Waals surface area contributed by atoms with Gasteiger partial charge in [-0.25, -0.2) is 4.79 Å². The highest BCUT2D eigenvalue weighted by atomic mass is 32.1. The summed E-state index contributed by atoms with van der Waals surface area (Å²) < 4.78 is 11.0. The molecule has 2 heterocycles. The highest BCUT2D eigenvalue weighted by Crippen LogP contribution is 2.32. The summed E-state index contributed by atoms with van der Waals surface area (Å²) in [5, 5.41) is 2.34. The van der Waals surface area contributed by atoms with E-state index in [0.29, 0.717) is 16.6 Å². The molecule has 0 unspecified atom stereocenters. The third-order valence-corrected chi connectivity index (χ3v) is 5.31. The Morgan fingerprint density at radius 3 is 2.70 bits per heavy atom. The van der Waals surface area contributed by atoms with Crippen LogP contribution in [0.5, 0.6) is 5.75 Å². The second-order valence-corrected chi connectivity index (χ2v) is 6.98. The summed E-state index contributed by atoms with van der Waals surface area (Å²) in [7, 11) is 2.92. The van der Waals surface area contributed by atoms with Crippen molar-refractivity contribution in [1.82, 2.24) is 9.55 Å². The molecule has 0 aliphatic rings. The monoisotopic (exact) mass is 388 g/mol. The molecule has 1 N–H and O–H groups in total. The van der Waals surface area contributed by atoms with Crippen molar-refractivity contribution in [3.8, 4) is 16.9 Å². The molecule has 7 nitrogen and oxygen atoms in total. The summed E-state index contributed by atoms with van der Waals surface area (Å²) in [5.41, 5.74) is 1.77. The molecule has 0 bridgehead atoms. The molecule has 0 saturated heterocycles. The van der Waals surface area contributed by atoms with Crippen LogP contribution in [0.4, 0.5) is 0 Å². The van der Waals surface area contributed by atoms with E-state index in [9.17, 15) is 14.4 Å². The molecule has 0 saturated carbocycles. The standard InChI is InChI=1S/C19H20N2O5S/c1-11-9-12(6-7-14(11)25-2)13-10-27-17-16(13)18(23)21(19(24)20-17)8-4-5-15(22)26-3/h6-7,9-10H,4-5,8H2,1-3H3,(H,20,24). The van der Waals surface area contributed by atoms with E-state index in [1.54, 1.807) is 7.11 Å². The molecule has 3 aromatic rings. The van der Waals surface area contributed by atoms with E-state index in [1.165, 1.54) is 18.4 Å². The Bertz CT molecular complexity index is 1110. The highest BCUT2D eigenvalue weighted by Gasteiger charge is 2.16. The number of nitrogens with one attached hydrogen (secondary N) is 1. The van der Waals surface area contributed by atoms with E-state index in [-0.39, 0.29) is 24.5 Å². The minimum Gasteiger partial charge on any atom is -0.496 e. The number of methoxy groups -OCH3 is 2. The van der Waals surface area contributed by atoms with Crippen molar-refractivity contribution in [1.29, 1.82) is 0 Å². The first kappa shape index (κ1) is 18.9. The third kappa shape index (κ3) is 3.66. The van der Waals surface area contributed by atoms with E-state index in [1.807, 2.05) is 30.5 Å². The molecule has 0 atom stereocenters. The molecule has 0 aliphatic carbocycles. The summed E-state index contributed by atoms with van der Waals surface area (Å²) in [4.78, 5) is 39.8. The quantitative estimate of drug-likeness (QED) is 0.656. The van der Waals surface area contributed by atoms with E-state index < -0.39 is 5.69 Å². The Morgan fingerprint density at radius 1 is 1.26 bits per heavy atom. The minimum atomic E-state index is -0.475. The number of aromatic nitrogens is 2. The number of carbonyl (C=O) groups excluding carboxylic acids is 1. The summed E-state index contributed by atoms with van der Waals surface area (Å²) in [6.45, 7) is 2.08. The van der Waals surface area contributed by atoms with Crippen LogP contribution in [-0.4, -0.2) is 29.7 Å². The van der Waals surface area contributed by atoms with Crippen LogP contribution in [0.25, 0.3) is 21.3 Å². The van der Waals surface area contributed by atoms with Crippen molar-refractivity contribution in [3.05, 3.63) is 50.0 Å². The zero-order valence-electron chi connectivity index (χ0n) is 15.3. The van der Waals surface area contributed by atoms with Crippen molar-refractivity contribution in [2.24, 2.45) is 0 Å². The first-order valence-electron chi connectivity index (χ1n) is 8.42. The molecule has 27 heavy (non-hydrogen) atoms. The number of hydrogen-bond acceptors (Lipinski definition) is 6. The summed E-state index contributed by atoms with van der Waals surface area (Å²) in [6.07, 6.45) is 0.497. The van der Waals surface area contributed by atoms with Gasteiger partial charge in [-0.2, -0.15) is 0 Å². The molecule has 142 valence electrons. The van der Waals surface area contributed by atoms with Crippen LogP contribution in [0.3, 0.4) is 0 Å². The van der Waals surface area contributed by atoms with Crippen LogP contribution in [0.1, 0.15) is 18.4 Å². The summed E-state index contributed by atoms with van der Waals surface area (Å²) in [5.74, 6) is 0.400. The average Bonchev–Trinajstić information content (AvgIpc) is 3.07. The maximum Gasteiger partial charge on any atom is 0.329 e. The smallest absolute Gasteiger partial charge is 0.329 e. The van der Waals surface area contributed by atoms with Gasteiger partial charge >= 0.3 is 11.7 Å². The Labute approximate surface area is 159 Å². The molecule has 8 heteroatoms. The molecule has 3 rings (SSSR count). The van der Waals surface area contributed by atoms with Gasteiger partial charge in [-0.05, 0) is 36.6 Å². The highest BCUT2D eigenvalue weighted by molar-refractivity contribution is 7.17. The zero-order chi connectivity index (χ0) is 19.6. The number of rotatable bonds is 6. The van der Waals surface area contributed by atoms with Gasteiger partial charge in [0.1, 0.15) is 10.6 Å². The van der Waals surface area contributed by atoms with Crippen molar-refractivity contribution < 1.29 is 14.3 Å². The number of carbonyl (C=O) groups is 1. The second kappa shape index (κ2) is 7.79. The molecule has 0 fully saturated rings. The maximum absolute atomic E-state index is 13.0. The largest absolute Gasteiger partial charge is 0.496 e. The number of ether oxygens (including phenoxy) is 2. The lowest BCUT2D eigenvalue weighted by Crippen LogP contribution is -2.35. The number of aromatic amines is 1. The lowest BCUT2D eigenvalue weighted by atomic mass is 10.0. The Balaban J connectivity index is 2.05. The van der Waals surface area contributed by atoms with E-state index >= 15 is 0 Å².